The predicted molar refractivity (Wildman–Crippen MR) is 90.0 cm³/mol. The fourth-order valence-electron chi connectivity index (χ4n) is 2.61. The minimum atomic E-state index is -0.290. The third-order valence-electron chi connectivity index (χ3n) is 3.79. The normalized spacial score (nSPS) is 10.3. The molecular weight excluding hydrogens is 302 g/mol. The number of nitrogens with one attached hydrogen (secondary N) is 1. The highest BCUT2D eigenvalue weighted by molar-refractivity contribution is 5.98. The SMILES string of the molecule is Cc1oc(-n2cccc2)c(C#N)c1C(=O)NCCc1ccccc1. The third kappa shape index (κ3) is 3.08. The molecule has 0 fully saturated rings. The van der Waals surface area contributed by atoms with Crippen molar-refractivity contribution in [1.29, 1.82) is 5.26 Å². The minimum absolute atomic E-state index is 0.251. The fraction of sp³-hybridized carbons (Fsp3) is 0.158. The highest BCUT2D eigenvalue weighted by atomic mass is 16.4. The number of aryl methyl sites for hydroxylation is 1. The molecule has 120 valence electrons. The van der Waals surface area contributed by atoms with Gasteiger partial charge in [-0.3, -0.25) is 9.36 Å². The predicted octanol–water partition coefficient (Wildman–Crippen LogP) is 3.22. The van der Waals surface area contributed by atoms with Gasteiger partial charge in [-0.1, -0.05) is 30.3 Å². The molecule has 0 saturated carbocycles. The number of amides is 1. The molecule has 0 spiro atoms. The summed E-state index contributed by atoms with van der Waals surface area (Å²) in [5.41, 5.74) is 1.70. The summed E-state index contributed by atoms with van der Waals surface area (Å²) < 4.78 is 7.33. The van der Waals surface area contributed by atoms with Gasteiger partial charge in [-0.25, -0.2) is 0 Å². The number of carbonyl (C=O) groups excluding carboxylic acids is 1. The molecule has 0 bridgehead atoms. The lowest BCUT2D eigenvalue weighted by molar-refractivity contribution is 0.0952. The first-order chi connectivity index (χ1) is 11.7. The fourth-order valence-corrected chi connectivity index (χ4v) is 2.61. The van der Waals surface area contributed by atoms with Crippen molar-refractivity contribution in [3.63, 3.8) is 0 Å². The van der Waals surface area contributed by atoms with Gasteiger partial charge in [-0.05, 0) is 31.0 Å². The number of nitriles is 1. The van der Waals surface area contributed by atoms with Gasteiger partial charge in [0.25, 0.3) is 5.91 Å². The number of benzene rings is 1. The third-order valence-corrected chi connectivity index (χ3v) is 3.79. The number of hydrogen-bond acceptors (Lipinski definition) is 3. The summed E-state index contributed by atoms with van der Waals surface area (Å²) in [4.78, 5) is 12.5. The average molecular weight is 319 g/mol. The van der Waals surface area contributed by atoms with E-state index in [0.717, 1.165) is 12.0 Å². The van der Waals surface area contributed by atoms with Gasteiger partial charge in [0.15, 0.2) is 0 Å². The van der Waals surface area contributed by atoms with Gasteiger partial charge in [0.1, 0.15) is 23.0 Å². The molecule has 2 heterocycles. The standard InChI is InChI=1S/C19H17N3O2/c1-14-17(16(13-20)19(24-14)22-11-5-6-12-22)18(23)21-10-9-15-7-3-2-4-8-15/h2-8,11-12H,9-10H2,1H3,(H,21,23). The van der Waals surface area contributed by atoms with Crippen molar-refractivity contribution in [2.45, 2.75) is 13.3 Å². The Morgan fingerprint density at radius 3 is 2.58 bits per heavy atom. The lowest BCUT2D eigenvalue weighted by Gasteiger charge is -2.05. The number of aromatic nitrogens is 1. The van der Waals surface area contributed by atoms with Gasteiger partial charge in [0.05, 0.1) is 0 Å². The lowest BCUT2D eigenvalue weighted by atomic mass is 10.1. The minimum Gasteiger partial charge on any atom is -0.443 e. The van der Waals surface area contributed by atoms with E-state index in [-0.39, 0.29) is 11.5 Å². The van der Waals surface area contributed by atoms with Crippen LogP contribution in [0.5, 0.6) is 0 Å². The summed E-state index contributed by atoms with van der Waals surface area (Å²) in [6.07, 6.45) is 4.28. The molecule has 0 aliphatic carbocycles. The van der Waals surface area contributed by atoms with Gasteiger partial charge < -0.3 is 9.73 Å². The van der Waals surface area contributed by atoms with Crippen molar-refractivity contribution in [2.75, 3.05) is 6.54 Å². The second kappa shape index (κ2) is 6.88. The number of furan rings is 1. The molecule has 1 N–H and O–H groups in total. The van der Waals surface area contributed by atoms with E-state index < -0.39 is 0 Å². The molecule has 0 saturated heterocycles. The topological polar surface area (TPSA) is 71.0 Å². The van der Waals surface area contributed by atoms with Crippen LogP contribution >= 0.6 is 0 Å². The largest absolute Gasteiger partial charge is 0.443 e. The molecule has 5 heteroatoms. The molecule has 1 amide bonds. The van der Waals surface area contributed by atoms with Crippen LogP contribution in [-0.2, 0) is 6.42 Å². The quantitative estimate of drug-likeness (QED) is 0.785. The molecule has 1 aromatic carbocycles. The maximum atomic E-state index is 12.5. The smallest absolute Gasteiger partial charge is 0.256 e. The Balaban J connectivity index is 1.76. The number of nitrogens with zero attached hydrogens (tertiary/aromatic N) is 2. The molecule has 24 heavy (non-hydrogen) atoms. The van der Waals surface area contributed by atoms with E-state index >= 15 is 0 Å². The molecule has 0 aliphatic rings. The first-order valence-electron chi connectivity index (χ1n) is 7.69. The van der Waals surface area contributed by atoms with Crippen LogP contribution in [0.4, 0.5) is 0 Å². The average Bonchev–Trinajstić information content (AvgIpc) is 3.22. The summed E-state index contributed by atoms with van der Waals surface area (Å²) >= 11 is 0. The maximum absolute atomic E-state index is 12.5. The molecule has 5 nitrogen and oxygen atoms in total. The van der Waals surface area contributed by atoms with Gasteiger partial charge in [-0.2, -0.15) is 5.26 Å². The summed E-state index contributed by atoms with van der Waals surface area (Å²) in [7, 11) is 0. The van der Waals surface area contributed by atoms with Gasteiger partial charge >= 0.3 is 0 Å². The molecule has 3 aromatic rings. The van der Waals surface area contributed by atoms with Crippen LogP contribution in [0.1, 0.15) is 27.2 Å². The van der Waals surface area contributed by atoms with E-state index in [1.807, 2.05) is 42.5 Å². The highest BCUT2D eigenvalue weighted by Gasteiger charge is 2.24. The van der Waals surface area contributed by atoms with Crippen LogP contribution in [0.3, 0.4) is 0 Å². The number of hydrogen-bond donors (Lipinski definition) is 1. The second-order valence-corrected chi connectivity index (χ2v) is 5.41. The van der Waals surface area contributed by atoms with Crippen molar-refractivity contribution in [3.05, 3.63) is 77.3 Å². The molecule has 0 unspecified atom stereocenters. The zero-order chi connectivity index (χ0) is 16.9. The summed E-state index contributed by atoms with van der Waals surface area (Å²) in [6, 6.07) is 15.7. The van der Waals surface area contributed by atoms with E-state index in [1.54, 1.807) is 23.9 Å². The van der Waals surface area contributed by atoms with Crippen molar-refractivity contribution in [1.82, 2.24) is 9.88 Å². The van der Waals surface area contributed by atoms with Crippen LogP contribution in [0.15, 0.2) is 59.3 Å². The monoisotopic (exact) mass is 319 g/mol. The van der Waals surface area contributed by atoms with E-state index in [9.17, 15) is 10.1 Å². The van der Waals surface area contributed by atoms with Crippen molar-refractivity contribution < 1.29 is 9.21 Å². The Hall–Kier alpha value is -3.26. The molecular formula is C19H17N3O2. The second-order valence-electron chi connectivity index (χ2n) is 5.41. The number of rotatable bonds is 5. The Labute approximate surface area is 140 Å². The van der Waals surface area contributed by atoms with Gasteiger partial charge in [0.2, 0.25) is 5.88 Å². The van der Waals surface area contributed by atoms with E-state index in [2.05, 4.69) is 11.4 Å². The summed E-state index contributed by atoms with van der Waals surface area (Å²) in [5.74, 6) is 0.516. The highest BCUT2D eigenvalue weighted by Crippen LogP contribution is 2.25. The van der Waals surface area contributed by atoms with Crippen LogP contribution < -0.4 is 5.32 Å². The van der Waals surface area contributed by atoms with Crippen LogP contribution in [-0.4, -0.2) is 17.0 Å². The van der Waals surface area contributed by atoms with Crippen molar-refractivity contribution in [2.24, 2.45) is 0 Å². The Morgan fingerprint density at radius 2 is 1.92 bits per heavy atom. The zero-order valence-corrected chi connectivity index (χ0v) is 13.3. The van der Waals surface area contributed by atoms with Crippen molar-refractivity contribution >= 4 is 5.91 Å². The van der Waals surface area contributed by atoms with Gasteiger partial charge in [-0.15, -0.1) is 0 Å². The van der Waals surface area contributed by atoms with Crippen LogP contribution in [0.25, 0.3) is 5.88 Å². The summed E-state index contributed by atoms with van der Waals surface area (Å²) in [5, 5.41) is 12.3. The Morgan fingerprint density at radius 1 is 1.21 bits per heavy atom. The van der Waals surface area contributed by atoms with Crippen LogP contribution in [0.2, 0.25) is 0 Å². The first-order valence-corrected chi connectivity index (χ1v) is 7.69. The molecule has 2 aromatic heterocycles. The maximum Gasteiger partial charge on any atom is 0.256 e. The number of carbonyl (C=O) groups is 1. The molecule has 3 rings (SSSR count). The summed E-state index contributed by atoms with van der Waals surface area (Å²) in [6.45, 7) is 2.19. The van der Waals surface area contributed by atoms with E-state index in [1.165, 1.54) is 0 Å². The lowest BCUT2D eigenvalue weighted by Crippen LogP contribution is -2.26. The first kappa shape index (κ1) is 15.6. The van der Waals surface area contributed by atoms with Crippen LogP contribution in [0, 0.1) is 18.3 Å². The van der Waals surface area contributed by atoms with E-state index in [4.69, 9.17) is 4.42 Å². The molecule has 0 aliphatic heterocycles. The van der Waals surface area contributed by atoms with Gasteiger partial charge in [0, 0.05) is 18.9 Å². The zero-order valence-electron chi connectivity index (χ0n) is 13.3. The Kier molecular flexibility index (Phi) is 4.48. The molecule has 0 atom stereocenters. The van der Waals surface area contributed by atoms with E-state index in [0.29, 0.717) is 23.8 Å². The molecule has 0 radical (unpaired) electrons. The van der Waals surface area contributed by atoms with Crippen molar-refractivity contribution in [3.8, 4) is 12.0 Å². The Bertz CT molecular complexity index is 871.